The van der Waals surface area contributed by atoms with Crippen molar-refractivity contribution < 1.29 is 14.3 Å². The van der Waals surface area contributed by atoms with E-state index in [9.17, 15) is 4.79 Å². The molecular formula is C49H76O3. The summed E-state index contributed by atoms with van der Waals surface area (Å²) in [5.41, 5.74) is 9.38. The van der Waals surface area contributed by atoms with Crippen LogP contribution >= 0.6 is 0 Å². The Morgan fingerprint density at radius 1 is 0.788 bits per heavy atom. The molecule has 1 aromatic rings. The molecule has 0 aromatic heterocycles. The van der Waals surface area contributed by atoms with Crippen LogP contribution in [-0.4, -0.2) is 11.6 Å². The van der Waals surface area contributed by atoms with Crippen LogP contribution in [0.25, 0.3) is 0 Å². The van der Waals surface area contributed by atoms with E-state index in [0.717, 1.165) is 65.0 Å². The summed E-state index contributed by atoms with van der Waals surface area (Å²) in [6, 6.07) is 0. The highest BCUT2D eigenvalue weighted by molar-refractivity contribution is 5.86. The van der Waals surface area contributed by atoms with Crippen LogP contribution in [0.5, 0.6) is 11.5 Å². The van der Waals surface area contributed by atoms with Gasteiger partial charge in [0.05, 0.1) is 0 Å². The van der Waals surface area contributed by atoms with Crippen LogP contribution in [0.15, 0.2) is 58.7 Å². The molecule has 0 radical (unpaired) electrons. The minimum absolute atomic E-state index is 0.156. The average Bonchev–Trinajstić information content (AvgIpc) is 3.05. The zero-order valence-electron chi connectivity index (χ0n) is 35.8. The first kappa shape index (κ1) is 43.6. The number of fused-ring (bicyclic) bond motifs is 1. The number of hydrogen-bond acceptors (Lipinski definition) is 3. The number of ether oxygens (including phenoxy) is 2. The summed E-state index contributed by atoms with van der Waals surface area (Å²) >= 11 is 0. The van der Waals surface area contributed by atoms with Crippen LogP contribution in [-0.2, 0) is 11.2 Å². The predicted molar refractivity (Wildman–Crippen MR) is 224 cm³/mol. The predicted octanol–water partition coefficient (Wildman–Crippen LogP) is 14.6. The van der Waals surface area contributed by atoms with Crippen molar-refractivity contribution in [3.05, 3.63) is 81.0 Å². The van der Waals surface area contributed by atoms with E-state index in [-0.39, 0.29) is 17.0 Å². The minimum Gasteiger partial charge on any atom is -0.487 e. The Morgan fingerprint density at radius 2 is 1.42 bits per heavy atom. The highest BCUT2D eigenvalue weighted by Gasteiger charge is 2.35. The van der Waals surface area contributed by atoms with Crippen LogP contribution < -0.4 is 9.47 Å². The molecule has 0 saturated carbocycles. The van der Waals surface area contributed by atoms with Crippen molar-refractivity contribution in [2.24, 2.45) is 23.2 Å². The number of esters is 1. The van der Waals surface area contributed by atoms with Crippen molar-refractivity contribution in [3.8, 4) is 11.5 Å². The van der Waals surface area contributed by atoms with Gasteiger partial charge < -0.3 is 9.47 Å². The maximum Gasteiger partial charge on any atom is 0.336 e. The molecule has 3 rings (SSSR count). The number of rotatable bonds is 18. The summed E-state index contributed by atoms with van der Waals surface area (Å²) in [7, 11) is 0. The molecule has 52 heavy (non-hydrogen) atoms. The summed E-state index contributed by atoms with van der Waals surface area (Å²) in [6.45, 7) is 29.1. The average molecular weight is 713 g/mol. The summed E-state index contributed by atoms with van der Waals surface area (Å²) in [4.78, 5) is 13.1. The van der Waals surface area contributed by atoms with E-state index in [4.69, 9.17) is 9.47 Å². The lowest BCUT2D eigenvalue weighted by Gasteiger charge is -2.38. The molecule has 3 atom stereocenters. The van der Waals surface area contributed by atoms with E-state index in [1.54, 1.807) is 6.08 Å². The van der Waals surface area contributed by atoms with Gasteiger partial charge in [0, 0.05) is 11.6 Å². The van der Waals surface area contributed by atoms with E-state index in [1.165, 1.54) is 92.9 Å². The molecule has 0 unspecified atom stereocenters. The summed E-state index contributed by atoms with van der Waals surface area (Å²) in [6.07, 6.45) is 29.5. The lowest BCUT2D eigenvalue weighted by Crippen LogP contribution is -2.37. The number of hydrogen-bond donors (Lipinski definition) is 0. The van der Waals surface area contributed by atoms with Crippen LogP contribution in [0.2, 0.25) is 0 Å². The summed E-state index contributed by atoms with van der Waals surface area (Å²) in [5.74, 6) is 3.80. The Kier molecular flexibility index (Phi) is 16.8. The quantitative estimate of drug-likeness (QED) is 0.0658. The first-order chi connectivity index (χ1) is 24.4. The summed E-state index contributed by atoms with van der Waals surface area (Å²) in [5, 5.41) is 0. The third-order valence-electron chi connectivity index (χ3n) is 12.2. The molecule has 0 amide bonds. The first-order valence-corrected chi connectivity index (χ1v) is 20.9. The fraction of sp³-hybridized carbons (Fsp3) is 0.653. The third kappa shape index (κ3) is 13.2. The molecule has 0 bridgehead atoms. The van der Waals surface area contributed by atoms with Gasteiger partial charge in [0.1, 0.15) is 17.1 Å². The largest absolute Gasteiger partial charge is 0.487 e. The molecule has 0 fully saturated rings. The van der Waals surface area contributed by atoms with Crippen LogP contribution in [0.3, 0.4) is 0 Å². The molecule has 290 valence electrons. The second-order valence-corrected chi connectivity index (χ2v) is 18.3. The molecule has 0 saturated heterocycles. The lowest BCUT2D eigenvalue weighted by atomic mass is 9.72. The number of benzene rings is 1. The van der Waals surface area contributed by atoms with Crippen molar-refractivity contribution in [1.29, 1.82) is 0 Å². The van der Waals surface area contributed by atoms with Gasteiger partial charge >= 0.3 is 5.97 Å². The van der Waals surface area contributed by atoms with Gasteiger partial charge in [0.15, 0.2) is 0 Å². The van der Waals surface area contributed by atoms with Crippen molar-refractivity contribution in [1.82, 2.24) is 0 Å². The Bertz CT molecular complexity index is 1510. The second-order valence-electron chi connectivity index (χ2n) is 18.3. The van der Waals surface area contributed by atoms with E-state index < -0.39 is 0 Å². The molecule has 2 aliphatic rings. The molecular weight excluding hydrogens is 637 g/mol. The van der Waals surface area contributed by atoms with Crippen LogP contribution in [0.4, 0.5) is 0 Å². The lowest BCUT2D eigenvalue weighted by molar-refractivity contribution is -0.129. The molecule has 3 nitrogen and oxygen atoms in total. The highest BCUT2D eigenvalue weighted by atomic mass is 16.5. The third-order valence-corrected chi connectivity index (χ3v) is 12.2. The van der Waals surface area contributed by atoms with Gasteiger partial charge in [-0.15, -0.1) is 0 Å². The van der Waals surface area contributed by atoms with E-state index >= 15 is 0 Å². The van der Waals surface area contributed by atoms with E-state index in [2.05, 4.69) is 101 Å². The van der Waals surface area contributed by atoms with E-state index in [0.29, 0.717) is 5.75 Å². The van der Waals surface area contributed by atoms with Crippen molar-refractivity contribution in [2.75, 3.05) is 0 Å². The van der Waals surface area contributed by atoms with Gasteiger partial charge in [0.2, 0.25) is 0 Å². The minimum atomic E-state index is -0.341. The van der Waals surface area contributed by atoms with Crippen molar-refractivity contribution in [2.45, 2.75) is 186 Å². The summed E-state index contributed by atoms with van der Waals surface area (Å²) < 4.78 is 12.9. The Labute approximate surface area is 320 Å². The number of carbonyl (C=O) groups excluding carboxylic acids is 1. The zero-order chi connectivity index (χ0) is 38.6. The molecule has 3 heteroatoms. The Balaban J connectivity index is 1.54. The fourth-order valence-electron chi connectivity index (χ4n) is 8.41. The SMILES string of the molecule is CC1=C(\C=C/C(C)=C\C=C\C(C)=C/C(=O)Oc2c(C)c(C)c3c(c2C)CC[C@@](C)(CCC[C@H](C)CCC[C@H](C)CCCC(C)C)O3)C(C)(C)CCC1. The van der Waals surface area contributed by atoms with Gasteiger partial charge in [-0.25, -0.2) is 4.79 Å². The van der Waals surface area contributed by atoms with Crippen LogP contribution in [0, 0.1) is 43.9 Å². The monoisotopic (exact) mass is 713 g/mol. The second kappa shape index (κ2) is 20.0. The van der Waals surface area contributed by atoms with Gasteiger partial charge in [-0.05, 0) is 144 Å². The van der Waals surface area contributed by atoms with Gasteiger partial charge in [-0.3, -0.25) is 0 Å². The van der Waals surface area contributed by atoms with Crippen molar-refractivity contribution in [3.63, 3.8) is 0 Å². The molecule has 1 aliphatic heterocycles. The molecule has 1 aromatic carbocycles. The first-order valence-electron chi connectivity index (χ1n) is 20.9. The molecule has 0 spiro atoms. The Hall–Kier alpha value is -2.81. The molecule has 1 aliphatic carbocycles. The zero-order valence-corrected chi connectivity index (χ0v) is 35.8. The molecule has 1 heterocycles. The number of allylic oxidation sites excluding steroid dienone is 9. The topological polar surface area (TPSA) is 35.5 Å². The normalized spacial score (nSPS) is 20.8. The van der Waals surface area contributed by atoms with Gasteiger partial charge in [-0.2, -0.15) is 0 Å². The molecule has 0 N–H and O–H groups in total. The highest BCUT2D eigenvalue weighted by Crippen LogP contribution is 2.45. The maximum absolute atomic E-state index is 13.1. The standard InChI is InChI=1S/C49H76O3/c1-34(2)19-14-20-35(3)21-15-22-36(4)25-17-31-49(13)32-29-43-42(10)46(40(8)41(9)47(43)52-49)51-45(50)33-38(6)24-16-23-37(5)27-28-44-39(7)26-18-30-48(44,11)12/h16,23-24,27-28,33-36H,14-15,17-22,25-26,29-32H2,1-13H3/b24-16+,28-27-,37-23-,38-33-/t35-,36-,49-/m1/s1. The van der Waals surface area contributed by atoms with Crippen LogP contribution in [0.1, 0.15) is 175 Å². The van der Waals surface area contributed by atoms with Gasteiger partial charge in [0.25, 0.3) is 0 Å². The fourth-order valence-corrected chi connectivity index (χ4v) is 8.41. The van der Waals surface area contributed by atoms with E-state index in [1.807, 2.05) is 19.1 Å². The maximum atomic E-state index is 13.1. The smallest absolute Gasteiger partial charge is 0.336 e. The number of carbonyl (C=O) groups is 1. The Morgan fingerprint density at radius 3 is 2.06 bits per heavy atom. The van der Waals surface area contributed by atoms with Gasteiger partial charge in [-0.1, -0.05) is 128 Å². The van der Waals surface area contributed by atoms with Crippen molar-refractivity contribution >= 4 is 5.97 Å².